The molecule has 2 aromatic rings. The smallest absolute Gasteiger partial charge is 0.264 e. The molecule has 1 aliphatic rings. The first-order valence-electron chi connectivity index (χ1n) is 10.5. The Morgan fingerprint density at radius 3 is 2.47 bits per heavy atom. The Morgan fingerprint density at radius 2 is 1.77 bits per heavy atom. The third-order valence-corrected chi connectivity index (χ3v) is 7.20. The van der Waals surface area contributed by atoms with Crippen molar-refractivity contribution in [1.82, 2.24) is 10.2 Å². The van der Waals surface area contributed by atoms with Crippen molar-refractivity contribution >= 4 is 21.6 Å². The number of nitrogens with one attached hydrogen (secondary N) is 1. The van der Waals surface area contributed by atoms with E-state index in [9.17, 15) is 13.2 Å². The lowest BCUT2D eigenvalue weighted by Crippen LogP contribution is -2.41. The van der Waals surface area contributed by atoms with E-state index in [1.54, 1.807) is 30.3 Å². The first kappa shape index (κ1) is 22.3. The summed E-state index contributed by atoms with van der Waals surface area (Å²) in [5.74, 6) is -0.295. The number of nitrogens with zero attached hydrogens (tertiary/aromatic N) is 2. The number of sulfonamides is 1. The standard InChI is InChI=1S/C23H31N3O3S/c1-19-11-12-20(2)22(17-19)26(30(28,29)21-9-4-3-5-10-21)18-23(27)24-13-8-16-25-14-6-7-15-25/h3-5,9-12,17H,6-8,13-16,18H2,1-2H3,(H,24,27). The zero-order valence-corrected chi connectivity index (χ0v) is 18.6. The van der Waals surface area contributed by atoms with E-state index in [0.717, 1.165) is 37.2 Å². The molecule has 162 valence electrons. The molecule has 7 heteroatoms. The molecule has 1 aliphatic heterocycles. The summed E-state index contributed by atoms with van der Waals surface area (Å²) in [5.41, 5.74) is 2.28. The summed E-state index contributed by atoms with van der Waals surface area (Å²) >= 11 is 0. The Kier molecular flexibility index (Phi) is 7.50. The molecule has 6 nitrogen and oxygen atoms in total. The van der Waals surface area contributed by atoms with Crippen molar-refractivity contribution < 1.29 is 13.2 Å². The number of amides is 1. The molecule has 0 bridgehead atoms. The minimum atomic E-state index is -3.87. The van der Waals surface area contributed by atoms with Crippen LogP contribution >= 0.6 is 0 Å². The van der Waals surface area contributed by atoms with Crippen molar-refractivity contribution in [2.24, 2.45) is 0 Å². The fourth-order valence-corrected chi connectivity index (χ4v) is 5.23. The van der Waals surface area contributed by atoms with E-state index in [1.807, 2.05) is 32.0 Å². The van der Waals surface area contributed by atoms with Gasteiger partial charge in [0.2, 0.25) is 5.91 Å². The molecule has 0 unspecified atom stereocenters. The van der Waals surface area contributed by atoms with Crippen molar-refractivity contribution in [2.75, 3.05) is 37.0 Å². The van der Waals surface area contributed by atoms with Crippen LogP contribution in [0.25, 0.3) is 0 Å². The average Bonchev–Trinajstić information content (AvgIpc) is 3.25. The van der Waals surface area contributed by atoms with E-state index in [4.69, 9.17) is 0 Å². The highest BCUT2D eigenvalue weighted by atomic mass is 32.2. The van der Waals surface area contributed by atoms with Gasteiger partial charge < -0.3 is 10.2 Å². The summed E-state index contributed by atoms with van der Waals surface area (Å²) in [6.07, 6.45) is 3.35. The van der Waals surface area contributed by atoms with Gasteiger partial charge in [0.1, 0.15) is 6.54 Å². The molecular formula is C23H31N3O3S. The molecule has 1 fully saturated rings. The highest BCUT2D eigenvalue weighted by Crippen LogP contribution is 2.27. The highest BCUT2D eigenvalue weighted by Gasteiger charge is 2.28. The molecule has 0 atom stereocenters. The zero-order chi connectivity index (χ0) is 21.6. The molecule has 30 heavy (non-hydrogen) atoms. The number of anilines is 1. The first-order valence-corrected chi connectivity index (χ1v) is 12.0. The maximum Gasteiger partial charge on any atom is 0.264 e. The molecule has 1 heterocycles. The Labute approximate surface area is 179 Å². The van der Waals surface area contributed by atoms with Crippen molar-refractivity contribution in [3.8, 4) is 0 Å². The molecule has 0 saturated carbocycles. The largest absolute Gasteiger partial charge is 0.354 e. The van der Waals surface area contributed by atoms with Crippen LogP contribution in [0.4, 0.5) is 5.69 Å². The highest BCUT2D eigenvalue weighted by molar-refractivity contribution is 7.92. The van der Waals surface area contributed by atoms with Crippen molar-refractivity contribution in [3.63, 3.8) is 0 Å². The number of rotatable bonds is 9. The fraction of sp³-hybridized carbons (Fsp3) is 0.435. The lowest BCUT2D eigenvalue weighted by molar-refractivity contribution is -0.119. The van der Waals surface area contributed by atoms with Crippen molar-refractivity contribution in [2.45, 2.75) is 38.0 Å². The van der Waals surface area contributed by atoms with E-state index in [-0.39, 0.29) is 17.3 Å². The predicted molar refractivity (Wildman–Crippen MR) is 120 cm³/mol. The molecule has 0 aromatic heterocycles. The number of carbonyl (C=O) groups excluding carboxylic acids is 1. The second kappa shape index (κ2) is 10.1. The SMILES string of the molecule is Cc1ccc(C)c(N(CC(=O)NCCCN2CCCC2)S(=O)(=O)c2ccccc2)c1. The Hall–Kier alpha value is -2.38. The molecule has 0 radical (unpaired) electrons. The van der Waals surface area contributed by atoms with Gasteiger partial charge in [-0.15, -0.1) is 0 Å². The number of hydrogen-bond donors (Lipinski definition) is 1. The first-order chi connectivity index (χ1) is 14.4. The van der Waals surface area contributed by atoms with Crippen LogP contribution in [0.2, 0.25) is 0 Å². The topological polar surface area (TPSA) is 69.7 Å². The minimum absolute atomic E-state index is 0.174. The number of hydrogen-bond acceptors (Lipinski definition) is 4. The predicted octanol–water partition coefficient (Wildman–Crippen LogP) is 3.10. The molecule has 1 amide bonds. The summed E-state index contributed by atoms with van der Waals surface area (Å²) in [4.78, 5) is 15.2. The zero-order valence-electron chi connectivity index (χ0n) is 17.8. The van der Waals surface area contributed by atoms with Crippen LogP contribution in [0.1, 0.15) is 30.4 Å². The summed E-state index contributed by atoms with van der Waals surface area (Å²) in [6.45, 7) is 7.29. The van der Waals surface area contributed by atoms with Gasteiger partial charge in [0.15, 0.2) is 0 Å². The Morgan fingerprint density at radius 1 is 1.07 bits per heavy atom. The number of carbonyl (C=O) groups is 1. The van der Waals surface area contributed by atoms with Gasteiger partial charge in [0.05, 0.1) is 10.6 Å². The van der Waals surface area contributed by atoms with Crippen molar-refractivity contribution in [1.29, 1.82) is 0 Å². The van der Waals surface area contributed by atoms with Gasteiger partial charge in [-0.3, -0.25) is 9.10 Å². The van der Waals surface area contributed by atoms with E-state index in [2.05, 4.69) is 10.2 Å². The van der Waals surface area contributed by atoms with Crippen LogP contribution < -0.4 is 9.62 Å². The minimum Gasteiger partial charge on any atom is -0.354 e. The fourth-order valence-electron chi connectivity index (χ4n) is 3.73. The summed E-state index contributed by atoms with van der Waals surface area (Å²) < 4.78 is 28.0. The van der Waals surface area contributed by atoms with Crippen LogP contribution in [0.15, 0.2) is 53.4 Å². The van der Waals surface area contributed by atoms with E-state index in [1.165, 1.54) is 17.1 Å². The second-order valence-corrected chi connectivity index (χ2v) is 9.73. The van der Waals surface area contributed by atoms with Crippen LogP contribution in [0.5, 0.6) is 0 Å². The number of likely N-dealkylation sites (tertiary alicyclic amines) is 1. The van der Waals surface area contributed by atoms with Crippen LogP contribution in [-0.2, 0) is 14.8 Å². The molecule has 0 spiro atoms. The van der Waals surface area contributed by atoms with E-state index in [0.29, 0.717) is 12.2 Å². The maximum atomic E-state index is 13.4. The Balaban J connectivity index is 1.74. The van der Waals surface area contributed by atoms with Gasteiger partial charge in [0, 0.05) is 6.54 Å². The van der Waals surface area contributed by atoms with Gasteiger partial charge >= 0.3 is 0 Å². The van der Waals surface area contributed by atoms with Gasteiger partial charge in [-0.2, -0.15) is 0 Å². The summed E-state index contributed by atoms with van der Waals surface area (Å²) in [7, 11) is -3.87. The van der Waals surface area contributed by atoms with Crippen LogP contribution in [-0.4, -0.2) is 51.9 Å². The number of aryl methyl sites for hydroxylation is 2. The normalized spacial score (nSPS) is 14.6. The molecule has 1 saturated heterocycles. The van der Waals surface area contributed by atoms with Gasteiger partial charge in [0.25, 0.3) is 10.0 Å². The van der Waals surface area contributed by atoms with Crippen LogP contribution in [0, 0.1) is 13.8 Å². The lowest BCUT2D eigenvalue weighted by atomic mass is 10.1. The molecular weight excluding hydrogens is 398 g/mol. The van der Waals surface area contributed by atoms with Crippen LogP contribution in [0.3, 0.4) is 0 Å². The van der Waals surface area contributed by atoms with Gasteiger partial charge in [-0.25, -0.2) is 8.42 Å². The molecule has 2 aromatic carbocycles. The van der Waals surface area contributed by atoms with E-state index < -0.39 is 10.0 Å². The van der Waals surface area contributed by atoms with Crippen molar-refractivity contribution in [3.05, 3.63) is 59.7 Å². The quantitative estimate of drug-likeness (QED) is 0.622. The lowest BCUT2D eigenvalue weighted by Gasteiger charge is -2.26. The summed E-state index contributed by atoms with van der Waals surface area (Å²) in [6, 6.07) is 13.9. The molecule has 3 rings (SSSR count). The monoisotopic (exact) mass is 429 g/mol. The Bertz CT molecular complexity index is 955. The second-order valence-electron chi connectivity index (χ2n) is 7.87. The number of benzene rings is 2. The summed E-state index contributed by atoms with van der Waals surface area (Å²) in [5, 5.41) is 2.89. The average molecular weight is 430 g/mol. The molecule has 0 aliphatic carbocycles. The van der Waals surface area contributed by atoms with Gasteiger partial charge in [-0.05, 0) is 82.1 Å². The van der Waals surface area contributed by atoms with E-state index >= 15 is 0 Å². The third-order valence-electron chi connectivity index (χ3n) is 5.42. The molecule has 1 N–H and O–H groups in total. The van der Waals surface area contributed by atoms with Gasteiger partial charge in [-0.1, -0.05) is 30.3 Å². The third kappa shape index (κ3) is 5.61. The maximum absolute atomic E-state index is 13.4.